The summed E-state index contributed by atoms with van der Waals surface area (Å²) in [6.07, 6.45) is 1.29. The van der Waals surface area contributed by atoms with Crippen molar-refractivity contribution in [2.75, 3.05) is 7.11 Å². The van der Waals surface area contributed by atoms with Crippen LogP contribution in [-0.2, 0) is 0 Å². The van der Waals surface area contributed by atoms with E-state index in [-0.39, 0.29) is 5.69 Å². The summed E-state index contributed by atoms with van der Waals surface area (Å²) < 4.78 is 5.06. The second kappa shape index (κ2) is 5.01. The van der Waals surface area contributed by atoms with Gasteiger partial charge in [0.05, 0.1) is 17.8 Å². The Morgan fingerprint density at radius 1 is 1.33 bits per heavy atom. The van der Waals surface area contributed by atoms with Crippen LogP contribution in [-0.4, -0.2) is 23.0 Å². The zero-order valence-electron chi connectivity index (χ0n) is 9.55. The molecular formula is C12H10ClN3O2. The molecule has 0 unspecified atom stereocenters. The fourth-order valence-electron chi connectivity index (χ4n) is 1.48. The topological polar surface area (TPSA) is 78.1 Å². The van der Waals surface area contributed by atoms with E-state index in [2.05, 4.69) is 9.97 Å². The van der Waals surface area contributed by atoms with Gasteiger partial charge < -0.3 is 10.5 Å². The van der Waals surface area contributed by atoms with Crippen molar-refractivity contribution >= 4 is 17.5 Å². The highest BCUT2D eigenvalue weighted by Crippen LogP contribution is 2.29. The second-order valence-electron chi connectivity index (χ2n) is 3.50. The third-order valence-corrected chi connectivity index (χ3v) is 2.66. The Hall–Kier alpha value is -2.14. The van der Waals surface area contributed by atoms with E-state index in [4.69, 9.17) is 22.1 Å². The van der Waals surface area contributed by atoms with E-state index in [0.29, 0.717) is 16.5 Å². The Bertz CT molecular complexity index is 602. The number of methoxy groups -OCH3 is 1. The Labute approximate surface area is 109 Å². The molecule has 0 radical (unpaired) electrons. The molecule has 0 aliphatic rings. The van der Waals surface area contributed by atoms with Crippen LogP contribution in [0.1, 0.15) is 10.5 Å². The molecule has 2 aromatic rings. The number of carbonyl (C=O) groups excluding carboxylic acids is 1. The number of amides is 1. The second-order valence-corrected chi connectivity index (χ2v) is 3.91. The summed E-state index contributed by atoms with van der Waals surface area (Å²) >= 11 is 6.02. The SMILES string of the molecule is COc1ccc(-c2cc(C(N)=O)ncn2)cc1Cl. The fraction of sp³-hybridized carbons (Fsp3) is 0.0833. The van der Waals surface area contributed by atoms with E-state index < -0.39 is 5.91 Å². The van der Waals surface area contributed by atoms with Crippen LogP contribution < -0.4 is 10.5 Å². The van der Waals surface area contributed by atoms with Gasteiger partial charge in [-0.1, -0.05) is 11.6 Å². The maximum Gasteiger partial charge on any atom is 0.267 e. The van der Waals surface area contributed by atoms with E-state index in [1.54, 1.807) is 18.2 Å². The number of nitrogens with zero attached hydrogens (tertiary/aromatic N) is 2. The van der Waals surface area contributed by atoms with Crippen molar-refractivity contribution in [3.63, 3.8) is 0 Å². The summed E-state index contributed by atoms with van der Waals surface area (Å²) in [5.41, 5.74) is 6.65. The first kappa shape index (κ1) is 12.3. The molecule has 0 saturated carbocycles. The van der Waals surface area contributed by atoms with E-state index in [9.17, 15) is 4.79 Å². The van der Waals surface area contributed by atoms with Crippen LogP contribution in [0.5, 0.6) is 5.75 Å². The van der Waals surface area contributed by atoms with Gasteiger partial charge in [0.2, 0.25) is 0 Å². The molecular weight excluding hydrogens is 254 g/mol. The van der Waals surface area contributed by atoms with Gasteiger partial charge in [-0.2, -0.15) is 0 Å². The van der Waals surface area contributed by atoms with Gasteiger partial charge in [0.1, 0.15) is 17.8 Å². The average Bonchev–Trinajstić information content (AvgIpc) is 2.38. The third-order valence-electron chi connectivity index (χ3n) is 2.37. The van der Waals surface area contributed by atoms with Crippen LogP contribution in [0, 0.1) is 0 Å². The number of hydrogen-bond donors (Lipinski definition) is 1. The predicted octanol–water partition coefficient (Wildman–Crippen LogP) is 1.90. The monoisotopic (exact) mass is 263 g/mol. The lowest BCUT2D eigenvalue weighted by atomic mass is 10.1. The van der Waals surface area contributed by atoms with Crippen LogP contribution >= 0.6 is 11.6 Å². The Morgan fingerprint density at radius 2 is 2.11 bits per heavy atom. The lowest BCUT2D eigenvalue weighted by Gasteiger charge is -2.06. The number of rotatable bonds is 3. The predicted molar refractivity (Wildman–Crippen MR) is 67.5 cm³/mol. The highest BCUT2D eigenvalue weighted by atomic mass is 35.5. The summed E-state index contributed by atoms with van der Waals surface area (Å²) in [5, 5.41) is 0.467. The number of ether oxygens (including phenoxy) is 1. The quantitative estimate of drug-likeness (QED) is 0.917. The molecule has 1 aromatic heterocycles. The first-order valence-electron chi connectivity index (χ1n) is 5.07. The van der Waals surface area contributed by atoms with Gasteiger partial charge in [0.15, 0.2) is 0 Å². The summed E-state index contributed by atoms with van der Waals surface area (Å²) in [6, 6.07) is 6.73. The number of nitrogens with two attached hydrogens (primary N) is 1. The van der Waals surface area contributed by atoms with Gasteiger partial charge >= 0.3 is 0 Å². The molecule has 0 atom stereocenters. The van der Waals surface area contributed by atoms with Crippen molar-refractivity contribution in [2.24, 2.45) is 5.73 Å². The lowest BCUT2D eigenvalue weighted by molar-refractivity contribution is 0.0995. The number of carbonyl (C=O) groups is 1. The molecule has 0 aliphatic heterocycles. The first-order valence-corrected chi connectivity index (χ1v) is 5.45. The van der Waals surface area contributed by atoms with Gasteiger partial charge in [-0.05, 0) is 24.3 Å². The van der Waals surface area contributed by atoms with E-state index >= 15 is 0 Å². The number of primary amides is 1. The molecule has 1 amide bonds. The van der Waals surface area contributed by atoms with Crippen LogP contribution in [0.2, 0.25) is 5.02 Å². The Balaban J connectivity index is 2.45. The lowest BCUT2D eigenvalue weighted by Crippen LogP contribution is -2.13. The normalized spacial score (nSPS) is 10.1. The molecule has 6 heteroatoms. The number of hydrogen-bond acceptors (Lipinski definition) is 4. The zero-order valence-corrected chi connectivity index (χ0v) is 10.3. The highest BCUT2D eigenvalue weighted by molar-refractivity contribution is 6.32. The van der Waals surface area contributed by atoms with Crippen molar-refractivity contribution < 1.29 is 9.53 Å². The minimum atomic E-state index is -0.599. The van der Waals surface area contributed by atoms with Crippen molar-refractivity contribution in [3.8, 4) is 17.0 Å². The maximum absolute atomic E-state index is 11.0. The maximum atomic E-state index is 11.0. The van der Waals surface area contributed by atoms with Crippen LogP contribution in [0.3, 0.4) is 0 Å². The van der Waals surface area contributed by atoms with Crippen LogP contribution in [0.25, 0.3) is 11.3 Å². The Morgan fingerprint density at radius 3 is 2.72 bits per heavy atom. The average molecular weight is 264 g/mol. The largest absolute Gasteiger partial charge is 0.495 e. The zero-order chi connectivity index (χ0) is 13.1. The summed E-state index contributed by atoms with van der Waals surface area (Å²) in [6.45, 7) is 0. The molecule has 1 heterocycles. The fourth-order valence-corrected chi connectivity index (χ4v) is 1.73. The van der Waals surface area contributed by atoms with Gasteiger partial charge in [0, 0.05) is 5.56 Å². The molecule has 0 bridgehead atoms. The molecule has 92 valence electrons. The molecule has 0 aliphatic carbocycles. The minimum Gasteiger partial charge on any atom is -0.495 e. The standard InChI is InChI=1S/C12H10ClN3O2/c1-18-11-3-2-7(4-8(11)13)9-5-10(12(14)17)16-6-15-9/h2-6H,1H3,(H2,14,17). The summed E-state index contributed by atoms with van der Waals surface area (Å²) in [4.78, 5) is 18.9. The van der Waals surface area contributed by atoms with Gasteiger partial charge in [-0.3, -0.25) is 4.79 Å². The molecule has 0 saturated heterocycles. The van der Waals surface area contributed by atoms with Crippen molar-refractivity contribution in [3.05, 3.63) is 41.3 Å². The van der Waals surface area contributed by atoms with Crippen molar-refractivity contribution in [1.82, 2.24) is 9.97 Å². The van der Waals surface area contributed by atoms with E-state index in [0.717, 1.165) is 5.56 Å². The molecule has 1 aromatic carbocycles. The van der Waals surface area contributed by atoms with E-state index in [1.165, 1.54) is 19.5 Å². The van der Waals surface area contributed by atoms with Gasteiger partial charge in [0.25, 0.3) is 5.91 Å². The third kappa shape index (κ3) is 2.41. The number of halogens is 1. The summed E-state index contributed by atoms with van der Waals surface area (Å²) in [5.74, 6) is -0.0251. The number of aromatic nitrogens is 2. The highest BCUT2D eigenvalue weighted by Gasteiger charge is 2.08. The van der Waals surface area contributed by atoms with Crippen molar-refractivity contribution in [2.45, 2.75) is 0 Å². The van der Waals surface area contributed by atoms with Crippen LogP contribution in [0.4, 0.5) is 0 Å². The van der Waals surface area contributed by atoms with Crippen LogP contribution in [0.15, 0.2) is 30.6 Å². The Kier molecular flexibility index (Phi) is 3.43. The smallest absolute Gasteiger partial charge is 0.267 e. The first-order chi connectivity index (χ1) is 8.61. The molecule has 0 spiro atoms. The molecule has 2 rings (SSSR count). The number of benzene rings is 1. The molecule has 18 heavy (non-hydrogen) atoms. The molecule has 2 N–H and O–H groups in total. The molecule has 0 fully saturated rings. The van der Waals surface area contributed by atoms with Gasteiger partial charge in [-0.25, -0.2) is 9.97 Å². The van der Waals surface area contributed by atoms with Gasteiger partial charge in [-0.15, -0.1) is 0 Å². The summed E-state index contributed by atoms with van der Waals surface area (Å²) in [7, 11) is 1.54. The van der Waals surface area contributed by atoms with E-state index in [1.807, 2.05) is 0 Å². The molecule has 5 nitrogen and oxygen atoms in total. The minimum absolute atomic E-state index is 0.159. The van der Waals surface area contributed by atoms with Crippen molar-refractivity contribution in [1.29, 1.82) is 0 Å².